The van der Waals surface area contributed by atoms with E-state index in [0.29, 0.717) is 6.04 Å². The van der Waals surface area contributed by atoms with Crippen molar-refractivity contribution in [2.45, 2.75) is 52.6 Å². The minimum atomic E-state index is 0.165. The molecule has 1 unspecified atom stereocenters. The topological polar surface area (TPSA) is 15.3 Å². The highest BCUT2D eigenvalue weighted by Gasteiger charge is 2.20. The first-order valence-electron chi connectivity index (χ1n) is 7.52. The van der Waals surface area contributed by atoms with Crippen LogP contribution in [0.25, 0.3) is 0 Å². The molecule has 1 aromatic carbocycles. The van der Waals surface area contributed by atoms with Crippen LogP contribution in [0.15, 0.2) is 30.3 Å². The Bertz CT molecular complexity index is 340. The number of likely N-dealkylation sites (N-methyl/N-ethyl adjacent to an activating group) is 1. The van der Waals surface area contributed by atoms with Gasteiger partial charge < -0.3 is 5.32 Å². The van der Waals surface area contributed by atoms with Crippen LogP contribution in [0, 0.1) is 0 Å². The molecule has 0 saturated carbocycles. The third-order valence-corrected chi connectivity index (χ3v) is 3.37. The summed E-state index contributed by atoms with van der Waals surface area (Å²) in [5.74, 6) is 0. The number of benzene rings is 1. The lowest BCUT2D eigenvalue weighted by Crippen LogP contribution is -2.43. The Morgan fingerprint density at radius 1 is 1.11 bits per heavy atom. The SMILES string of the molecule is CCCN(CC)C(CNC(C)(C)C)c1ccccc1. The first kappa shape index (κ1) is 16.2. The minimum Gasteiger partial charge on any atom is -0.310 e. The monoisotopic (exact) mass is 262 g/mol. The van der Waals surface area contributed by atoms with Crippen LogP contribution in [0.4, 0.5) is 0 Å². The molecule has 19 heavy (non-hydrogen) atoms. The average Bonchev–Trinajstić information content (AvgIpc) is 2.37. The third kappa shape index (κ3) is 5.75. The maximum atomic E-state index is 3.65. The van der Waals surface area contributed by atoms with E-state index in [4.69, 9.17) is 0 Å². The Morgan fingerprint density at radius 2 is 1.74 bits per heavy atom. The molecule has 108 valence electrons. The molecule has 2 nitrogen and oxygen atoms in total. The molecule has 0 saturated heterocycles. The lowest BCUT2D eigenvalue weighted by molar-refractivity contribution is 0.192. The molecule has 1 aromatic rings. The molecule has 0 radical (unpaired) electrons. The van der Waals surface area contributed by atoms with Gasteiger partial charge in [0.25, 0.3) is 0 Å². The van der Waals surface area contributed by atoms with Crippen molar-refractivity contribution in [1.82, 2.24) is 10.2 Å². The van der Waals surface area contributed by atoms with Crippen molar-refractivity contribution in [2.75, 3.05) is 19.6 Å². The first-order valence-corrected chi connectivity index (χ1v) is 7.52. The highest BCUT2D eigenvalue weighted by atomic mass is 15.2. The molecule has 0 fully saturated rings. The van der Waals surface area contributed by atoms with Crippen molar-refractivity contribution >= 4 is 0 Å². The van der Waals surface area contributed by atoms with Gasteiger partial charge in [-0.15, -0.1) is 0 Å². The summed E-state index contributed by atoms with van der Waals surface area (Å²) in [5, 5.41) is 3.65. The molecule has 0 bridgehead atoms. The van der Waals surface area contributed by atoms with Crippen molar-refractivity contribution in [3.05, 3.63) is 35.9 Å². The molecule has 0 aromatic heterocycles. The minimum absolute atomic E-state index is 0.165. The molecular weight excluding hydrogens is 232 g/mol. The molecule has 0 spiro atoms. The van der Waals surface area contributed by atoms with Gasteiger partial charge in [-0.1, -0.05) is 44.2 Å². The summed E-state index contributed by atoms with van der Waals surface area (Å²) in [5.41, 5.74) is 1.58. The zero-order chi connectivity index (χ0) is 14.3. The normalized spacial score (nSPS) is 13.8. The van der Waals surface area contributed by atoms with E-state index in [1.165, 1.54) is 12.0 Å². The van der Waals surface area contributed by atoms with E-state index in [1.807, 2.05) is 0 Å². The summed E-state index contributed by atoms with van der Waals surface area (Å²) in [6, 6.07) is 11.3. The van der Waals surface area contributed by atoms with Crippen LogP contribution < -0.4 is 5.32 Å². The van der Waals surface area contributed by atoms with E-state index in [1.54, 1.807) is 0 Å². The lowest BCUT2D eigenvalue weighted by atomic mass is 10.0. The van der Waals surface area contributed by atoms with E-state index in [-0.39, 0.29) is 5.54 Å². The van der Waals surface area contributed by atoms with Crippen molar-refractivity contribution in [3.8, 4) is 0 Å². The Labute approximate surface area is 119 Å². The van der Waals surface area contributed by atoms with E-state index in [2.05, 4.69) is 75.2 Å². The maximum Gasteiger partial charge on any atom is 0.0472 e. The van der Waals surface area contributed by atoms with Gasteiger partial charge in [-0.2, -0.15) is 0 Å². The van der Waals surface area contributed by atoms with Gasteiger partial charge in [-0.25, -0.2) is 0 Å². The summed E-state index contributed by atoms with van der Waals surface area (Å²) in [6.07, 6.45) is 1.20. The summed E-state index contributed by atoms with van der Waals surface area (Å²) < 4.78 is 0. The fourth-order valence-corrected chi connectivity index (χ4v) is 2.36. The number of hydrogen-bond acceptors (Lipinski definition) is 2. The van der Waals surface area contributed by atoms with Crippen molar-refractivity contribution in [3.63, 3.8) is 0 Å². The molecule has 2 heteroatoms. The molecule has 1 N–H and O–H groups in total. The molecule has 0 aliphatic rings. The van der Waals surface area contributed by atoms with Gasteiger partial charge in [0, 0.05) is 18.1 Å². The van der Waals surface area contributed by atoms with E-state index >= 15 is 0 Å². The quantitative estimate of drug-likeness (QED) is 0.803. The second-order valence-electron chi connectivity index (χ2n) is 6.19. The molecule has 1 rings (SSSR count). The van der Waals surface area contributed by atoms with E-state index in [9.17, 15) is 0 Å². The summed E-state index contributed by atoms with van der Waals surface area (Å²) in [7, 11) is 0. The number of hydrogen-bond donors (Lipinski definition) is 1. The maximum absolute atomic E-state index is 3.65. The fourth-order valence-electron chi connectivity index (χ4n) is 2.36. The summed E-state index contributed by atoms with van der Waals surface area (Å²) in [4.78, 5) is 2.56. The molecule has 0 aliphatic heterocycles. The standard InChI is InChI=1S/C17H30N2/c1-6-13-19(7-2)16(14-18-17(3,4)5)15-11-9-8-10-12-15/h8-12,16,18H,6-7,13-14H2,1-5H3. The number of nitrogens with zero attached hydrogens (tertiary/aromatic N) is 1. The van der Waals surface area contributed by atoms with Gasteiger partial charge in [0.05, 0.1) is 0 Å². The van der Waals surface area contributed by atoms with E-state index in [0.717, 1.165) is 19.6 Å². The molecule has 0 aliphatic carbocycles. The van der Waals surface area contributed by atoms with Crippen LogP contribution in [0.3, 0.4) is 0 Å². The van der Waals surface area contributed by atoms with Crippen molar-refractivity contribution in [1.29, 1.82) is 0 Å². The molecule has 0 amide bonds. The Hall–Kier alpha value is -0.860. The summed E-state index contributed by atoms with van der Waals surface area (Å²) >= 11 is 0. The van der Waals surface area contributed by atoms with Gasteiger partial charge in [0.15, 0.2) is 0 Å². The van der Waals surface area contributed by atoms with Gasteiger partial charge in [-0.3, -0.25) is 4.90 Å². The van der Waals surface area contributed by atoms with Crippen LogP contribution >= 0.6 is 0 Å². The zero-order valence-electron chi connectivity index (χ0n) is 13.2. The second-order valence-corrected chi connectivity index (χ2v) is 6.19. The fraction of sp³-hybridized carbons (Fsp3) is 0.647. The van der Waals surface area contributed by atoms with Crippen LogP contribution in [-0.2, 0) is 0 Å². The summed E-state index contributed by atoms with van der Waals surface area (Å²) in [6.45, 7) is 14.4. The highest BCUT2D eigenvalue weighted by molar-refractivity contribution is 5.19. The lowest BCUT2D eigenvalue weighted by Gasteiger charge is -2.33. The largest absolute Gasteiger partial charge is 0.310 e. The van der Waals surface area contributed by atoms with Gasteiger partial charge in [0.1, 0.15) is 0 Å². The second kappa shape index (κ2) is 7.66. The Balaban J connectivity index is 2.84. The third-order valence-electron chi connectivity index (χ3n) is 3.37. The van der Waals surface area contributed by atoms with Crippen molar-refractivity contribution < 1.29 is 0 Å². The molecular formula is C17H30N2. The van der Waals surface area contributed by atoms with Gasteiger partial charge in [-0.05, 0) is 45.8 Å². The van der Waals surface area contributed by atoms with Gasteiger partial charge in [0.2, 0.25) is 0 Å². The van der Waals surface area contributed by atoms with Crippen LogP contribution in [0.5, 0.6) is 0 Å². The van der Waals surface area contributed by atoms with Gasteiger partial charge >= 0.3 is 0 Å². The van der Waals surface area contributed by atoms with Crippen molar-refractivity contribution in [2.24, 2.45) is 0 Å². The number of nitrogens with one attached hydrogen (secondary N) is 1. The smallest absolute Gasteiger partial charge is 0.0472 e. The predicted octanol–water partition coefficient (Wildman–Crippen LogP) is 3.85. The molecule has 0 heterocycles. The zero-order valence-corrected chi connectivity index (χ0v) is 13.2. The highest BCUT2D eigenvalue weighted by Crippen LogP contribution is 2.21. The molecule has 1 atom stereocenters. The van der Waals surface area contributed by atoms with Crippen LogP contribution in [0.2, 0.25) is 0 Å². The average molecular weight is 262 g/mol. The predicted molar refractivity (Wildman–Crippen MR) is 84.5 cm³/mol. The van der Waals surface area contributed by atoms with E-state index < -0.39 is 0 Å². The Kier molecular flexibility index (Phi) is 6.53. The Morgan fingerprint density at radius 3 is 2.21 bits per heavy atom. The van der Waals surface area contributed by atoms with Crippen LogP contribution in [0.1, 0.15) is 52.6 Å². The van der Waals surface area contributed by atoms with Crippen LogP contribution in [-0.4, -0.2) is 30.1 Å². The number of rotatable bonds is 7. The first-order chi connectivity index (χ1) is 8.98.